The van der Waals surface area contributed by atoms with Gasteiger partial charge in [0.2, 0.25) is 5.60 Å². The van der Waals surface area contributed by atoms with E-state index < -0.39 is 39.7 Å². The van der Waals surface area contributed by atoms with Crippen LogP contribution in [-0.2, 0) is 14.8 Å². The predicted molar refractivity (Wildman–Crippen MR) is 118 cm³/mol. The van der Waals surface area contributed by atoms with E-state index in [2.05, 4.69) is 10.0 Å². The van der Waals surface area contributed by atoms with Crippen molar-refractivity contribution in [1.82, 2.24) is 5.32 Å². The monoisotopic (exact) mass is 523 g/mol. The second kappa shape index (κ2) is 10.2. The quantitative estimate of drug-likeness (QED) is 0.359. The number of hydrogen-bond acceptors (Lipinski definition) is 6. The number of anilines is 2. The first kappa shape index (κ1) is 27.4. The molecule has 0 aliphatic carbocycles. The van der Waals surface area contributed by atoms with E-state index in [4.69, 9.17) is 16.7 Å². The van der Waals surface area contributed by atoms with Crippen LogP contribution in [-0.4, -0.2) is 54.9 Å². The Morgan fingerprint density at radius 1 is 1.12 bits per heavy atom. The molecule has 0 aliphatic heterocycles. The maximum absolute atomic E-state index is 12.8. The van der Waals surface area contributed by atoms with Gasteiger partial charge >= 0.3 is 6.18 Å². The molecule has 0 fully saturated rings. The summed E-state index contributed by atoms with van der Waals surface area (Å²) in [4.78, 5) is 23.4. The highest BCUT2D eigenvalue weighted by Gasteiger charge is 2.55. The zero-order valence-corrected chi connectivity index (χ0v) is 19.3. The predicted octanol–water partition coefficient (Wildman–Crippen LogP) is 2.50. The molecule has 186 valence electrons. The summed E-state index contributed by atoms with van der Waals surface area (Å²) < 4.78 is 65.9. The number of benzene rings is 2. The van der Waals surface area contributed by atoms with Crippen LogP contribution in [0.4, 0.5) is 24.5 Å². The van der Waals surface area contributed by atoms with Crippen molar-refractivity contribution in [2.45, 2.75) is 36.6 Å². The Kier molecular flexibility index (Phi) is 8.19. The maximum atomic E-state index is 12.8. The average Bonchev–Trinajstić information content (AvgIpc) is 2.74. The smallest absolute Gasteiger partial charge is 0.394 e. The molecule has 0 saturated heterocycles. The van der Waals surface area contributed by atoms with E-state index in [1.54, 1.807) is 6.92 Å². The molecule has 0 aromatic heterocycles. The number of carbonyl (C=O) groups is 2. The van der Waals surface area contributed by atoms with Gasteiger partial charge in [0.15, 0.2) is 0 Å². The Morgan fingerprint density at radius 3 is 2.21 bits per heavy atom. The molecule has 5 N–H and O–H groups in total. The largest absolute Gasteiger partial charge is 0.426 e. The van der Waals surface area contributed by atoms with Crippen LogP contribution in [0.25, 0.3) is 0 Å². The molecule has 0 radical (unpaired) electrons. The second-order valence-electron chi connectivity index (χ2n) is 7.41. The third kappa shape index (κ3) is 6.38. The summed E-state index contributed by atoms with van der Waals surface area (Å²) in [7, 11) is -4.20. The molecule has 0 heterocycles. The molecule has 2 rings (SSSR count). The van der Waals surface area contributed by atoms with Crippen molar-refractivity contribution in [2.24, 2.45) is 0 Å². The number of hydrogen-bond donors (Lipinski definition) is 5. The molecule has 0 saturated carbocycles. The molecule has 2 aromatic carbocycles. The first-order chi connectivity index (χ1) is 15.6. The molecular formula is C20H21ClF3N3O6S. The molecule has 0 bridgehead atoms. The highest BCUT2D eigenvalue weighted by Crippen LogP contribution is 2.33. The summed E-state index contributed by atoms with van der Waals surface area (Å²) in [5.74, 6) is -2.27. The molecule has 0 spiro atoms. The van der Waals surface area contributed by atoms with Gasteiger partial charge < -0.3 is 20.8 Å². The van der Waals surface area contributed by atoms with Gasteiger partial charge in [0.05, 0.1) is 22.2 Å². The van der Waals surface area contributed by atoms with Crippen LogP contribution in [0.1, 0.15) is 24.2 Å². The fourth-order valence-corrected chi connectivity index (χ4v) is 3.77. The van der Waals surface area contributed by atoms with Gasteiger partial charge in [-0.2, -0.15) is 13.2 Å². The van der Waals surface area contributed by atoms with Gasteiger partial charge in [-0.15, -0.1) is 0 Å². The average molecular weight is 524 g/mol. The molecule has 2 aromatic rings. The minimum atomic E-state index is -5.25. The van der Waals surface area contributed by atoms with Crippen LogP contribution in [0.3, 0.4) is 0 Å². The minimum absolute atomic E-state index is 0.0986. The fourth-order valence-electron chi connectivity index (χ4n) is 2.39. The lowest BCUT2D eigenvalue weighted by Gasteiger charge is -2.25. The van der Waals surface area contributed by atoms with E-state index in [1.165, 1.54) is 24.3 Å². The number of alkyl halides is 3. The van der Waals surface area contributed by atoms with Crippen LogP contribution in [0, 0.1) is 0 Å². The molecule has 2 amide bonds. The van der Waals surface area contributed by atoms with Gasteiger partial charge in [0, 0.05) is 17.3 Å². The summed E-state index contributed by atoms with van der Waals surface area (Å²) >= 11 is 5.92. The zero-order chi connectivity index (χ0) is 25.9. The SMILES string of the molecule is CC(CO)NC(=O)c1ccc(NS(=O)(=O)c2ccc(NC(=O)C(C)(O)C(F)(F)F)c(Cl)c2)cc1. The topological polar surface area (TPSA) is 145 Å². The molecule has 14 heteroatoms. The lowest BCUT2D eigenvalue weighted by atomic mass is 10.1. The van der Waals surface area contributed by atoms with Gasteiger partial charge in [-0.1, -0.05) is 11.6 Å². The van der Waals surface area contributed by atoms with E-state index in [1.807, 2.05) is 5.32 Å². The number of aliphatic hydroxyl groups is 2. The highest BCUT2D eigenvalue weighted by atomic mass is 35.5. The fraction of sp³-hybridized carbons (Fsp3) is 0.300. The first-order valence-electron chi connectivity index (χ1n) is 9.53. The van der Waals surface area contributed by atoms with Gasteiger partial charge in [-0.05, 0) is 56.3 Å². The van der Waals surface area contributed by atoms with Gasteiger partial charge in [0.1, 0.15) is 0 Å². The number of nitrogens with one attached hydrogen (secondary N) is 3. The van der Waals surface area contributed by atoms with E-state index in [0.29, 0.717) is 0 Å². The molecule has 0 aliphatic rings. The Bertz CT molecular complexity index is 1170. The summed E-state index contributed by atoms with van der Waals surface area (Å²) in [5, 5.41) is 22.3. The maximum Gasteiger partial charge on any atom is 0.426 e. The van der Waals surface area contributed by atoms with Crippen molar-refractivity contribution >= 4 is 44.8 Å². The summed E-state index contributed by atoms with van der Waals surface area (Å²) in [6.45, 7) is 1.61. The Labute approximate surface area is 198 Å². The van der Waals surface area contributed by atoms with E-state index in [9.17, 15) is 36.3 Å². The van der Waals surface area contributed by atoms with E-state index in [-0.39, 0.29) is 40.4 Å². The Balaban J connectivity index is 2.16. The number of sulfonamides is 1. The van der Waals surface area contributed by atoms with Crippen molar-refractivity contribution in [3.05, 3.63) is 53.1 Å². The Morgan fingerprint density at radius 2 is 1.71 bits per heavy atom. The van der Waals surface area contributed by atoms with Crippen molar-refractivity contribution < 1.29 is 41.4 Å². The summed E-state index contributed by atoms with van der Waals surface area (Å²) in [6.07, 6.45) is -5.25. The number of amides is 2. The molecule has 2 atom stereocenters. The number of carbonyl (C=O) groups excluding carboxylic acids is 2. The summed E-state index contributed by atoms with van der Waals surface area (Å²) in [5.41, 5.74) is -3.72. The number of aliphatic hydroxyl groups excluding tert-OH is 1. The second-order valence-corrected chi connectivity index (χ2v) is 9.50. The zero-order valence-electron chi connectivity index (χ0n) is 17.8. The standard InChI is InChI=1S/C20H21ClF3N3O6S/c1-11(10-28)25-17(29)12-3-5-13(6-4-12)27-34(32,33)14-7-8-16(15(21)9-14)26-18(30)19(2,31)20(22,23)24/h3-9,11,27-28,31H,10H2,1-2H3,(H,25,29)(H,26,30). The van der Waals surface area contributed by atoms with Gasteiger partial charge in [0.25, 0.3) is 21.8 Å². The molecule has 9 nitrogen and oxygen atoms in total. The van der Waals surface area contributed by atoms with Crippen LogP contribution < -0.4 is 15.4 Å². The molecule has 34 heavy (non-hydrogen) atoms. The van der Waals surface area contributed by atoms with Crippen LogP contribution >= 0.6 is 11.6 Å². The normalized spacial score (nSPS) is 14.6. The molecular weight excluding hydrogens is 503 g/mol. The van der Waals surface area contributed by atoms with Crippen LogP contribution in [0.2, 0.25) is 5.02 Å². The third-order valence-corrected chi connectivity index (χ3v) is 6.24. The first-order valence-corrected chi connectivity index (χ1v) is 11.4. The lowest BCUT2D eigenvalue weighted by Crippen LogP contribution is -2.52. The van der Waals surface area contributed by atoms with Crippen molar-refractivity contribution in [2.75, 3.05) is 16.6 Å². The van der Waals surface area contributed by atoms with E-state index >= 15 is 0 Å². The lowest BCUT2D eigenvalue weighted by molar-refractivity contribution is -0.242. The highest BCUT2D eigenvalue weighted by molar-refractivity contribution is 7.92. The van der Waals surface area contributed by atoms with Gasteiger partial charge in [-0.3, -0.25) is 14.3 Å². The van der Waals surface area contributed by atoms with Crippen LogP contribution in [0.15, 0.2) is 47.4 Å². The Hall–Kier alpha value is -2.87. The third-order valence-electron chi connectivity index (χ3n) is 4.54. The molecule has 2 unspecified atom stereocenters. The number of rotatable bonds is 8. The summed E-state index contributed by atoms with van der Waals surface area (Å²) in [6, 6.07) is 7.76. The van der Waals surface area contributed by atoms with Gasteiger partial charge in [-0.25, -0.2) is 8.42 Å². The van der Waals surface area contributed by atoms with Crippen molar-refractivity contribution in [3.63, 3.8) is 0 Å². The minimum Gasteiger partial charge on any atom is -0.394 e. The van der Waals surface area contributed by atoms with Crippen molar-refractivity contribution in [1.29, 1.82) is 0 Å². The van der Waals surface area contributed by atoms with E-state index in [0.717, 1.165) is 18.2 Å². The van der Waals surface area contributed by atoms with Crippen molar-refractivity contribution in [3.8, 4) is 0 Å². The number of halogens is 4. The van der Waals surface area contributed by atoms with Crippen LogP contribution in [0.5, 0.6) is 0 Å².